The van der Waals surface area contributed by atoms with Crippen molar-refractivity contribution < 1.29 is 13.3 Å². The molecule has 0 saturated carbocycles. The first-order valence-corrected chi connectivity index (χ1v) is 7.76. The second kappa shape index (κ2) is 5.88. The van der Waals surface area contributed by atoms with Crippen LogP contribution in [0.2, 0.25) is 10.0 Å². The van der Waals surface area contributed by atoms with Gasteiger partial charge in [0.15, 0.2) is 0 Å². The summed E-state index contributed by atoms with van der Waals surface area (Å²) >= 11 is 11.5. The quantitative estimate of drug-likeness (QED) is 0.674. The number of sulfonamides is 1. The molecule has 0 saturated heterocycles. The number of rotatable bonds is 4. The third-order valence-corrected chi connectivity index (χ3v) is 4.56. The van der Waals surface area contributed by atoms with Crippen LogP contribution < -0.4 is 4.72 Å². The number of halogens is 2. The van der Waals surface area contributed by atoms with E-state index in [2.05, 4.69) is 4.72 Å². The highest BCUT2D eigenvalue weighted by molar-refractivity contribution is 7.92. The van der Waals surface area contributed by atoms with Crippen LogP contribution in [-0.2, 0) is 10.0 Å². The van der Waals surface area contributed by atoms with Crippen LogP contribution >= 0.6 is 23.2 Å². The van der Waals surface area contributed by atoms with Gasteiger partial charge in [0.05, 0.1) is 20.5 Å². The zero-order chi connectivity index (χ0) is 15.6. The van der Waals surface area contributed by atoms with E-state index in [1.54, 1.807) is 12.1 Å². The van der Waals surface area contributed by atoms with Crippen LogP contribution in [0.15, 0.2) is 47.4 Å². The number of para-hydroxylation sites is 1. The molecule has 0 atom stereocenters. The average molecular weight is 347 g/mol. The smallest absolute Gasteiger partial charge is 0.278 e. The predicted octanol–water partition coefficient (Wildman–Crippen LogP) is 3.70. The third kappa shape index (κ3) is 3.44. The minimum Gasteiger partial charge on any atom is -0.278 e. The van der Waals surface area contributed by atoms with Gasteiger partial charge in [-0.15, -0.1) is 0 Å². The van der Waals surface area contributed by atoms with Gasteiger partial charge in [-0.25, -0.2) is 8.42 Å². The number of nitrogens with one attached hydrogen (secondary N) is 1. The van der Waals surface area contributed by atoms with Crippen molar-refractivity contribution >= 4 is 44.6 Å². The summed E-state index contributed by atoms with van der Waals surface area (Å²) in [6.45, 7) is 0. The van der Waals surface area contributed by atoms with E-state index < -0.39 is 20.6 Å². The Bertz CT molecular complexity index is 809. The monoisotopic (exact) mass is 346 g/mol. The van der Waals surface area contributed by atoms with Crippen molar-refractivity contribution in [2.45, 2.75) is 4.90 Å². The highest BCUT2D eigenvalue weighted by Crippen LogP contribution is 2.29. The van der Waals surface area contributed by atoms with Gasteiger partial charge < -0.3 is 0 Å². The minimum absolute atomic E-state index is 0.142. The molecule has 0 heterocycles. The number of hydrogen-bond donors (Lipinski definition) is 1. The topological polar surface area (TPSA) is 89.3 Å². The number of nitro groups is 1. The summed E-state index contributed by atoms with van der Waals surface area (Å²) in [7, 11) is -4.01. The number of benzene rings is 2. The Kier molecular flexibility index (Phi) is 4.36. The Morgan fingerprint density at radius 1 is 1.05 bits per heavy atom. The lowest BCUT2D eigenvalue weighted by Crippen LogP contribution is -2.13. The summed E-state index contributed by atoms with van der Waals surface area (Å²) in [6.07, 6.45) is 0. The Hall–Kier alpha value is -1.83. The molecule has 1 N–H and O–H groups in total. The van der Waals surface area contributed by atoms with Crippen molar-refractivity contribution in [1.82, 2.24) is 0 Å². The maximum absolute atomic E-state index is 12.2. The molecule has 0 spiro atoms. The molecule has 0 aliphatic rings. The fourth-order valence-electron chi connectivity index (χ4n) is 1.55. The largest absolute Gasteiger partial charge is 0.289 e. The van der Waals surface area contributed by atoms with Crippen LogP contribution in [0.4, 0.5) is 11.4 Å². The Morgan fingerprint density at radius 3 is 2.33 bits per heavy atom. The molecule has 0 aromatic heterocycles. The first-order valence-electron chi connectivity index (χ1n) is 5.52. The number of nitrogens with zero attached hydrogens (tertiary/aromatic N) is 1. The van der Waals surface area contributed by atoms with Crippen LogP contribution in [0, 0.1) is 10.1 Å². The first kappa shape index (κ1) is 15.6. The lowest BCUT2D eigenvalue weighted by Gasteiger charge is -2.09. The molecule has 110 valence electrons. The van der Waals surface area contributed by atoms with Crippen LogP contribution in [0.3, 0.4) is 0 Å². The van der Waals surface area contributed by atoms with E-state index in [-0.39, 0.29) is 20.6 Å². The molecule has 0 fully saturated rings. The van der Waals surface area contributed by atoms with Crippen LogP contribution in [-0.4, -0.2) is 13.3 Å². The van der Waals surface area contributed by atoms with Gasteiger partial charge in [-0.05, 0) is 24.3 Å². The molecule has 0 bridgehead atoms. The fourth-order valence-corrected chi connectivity index (χ4v) is 3.07. The molecule has 0 amide bonds. The highest BCUT2D eigenvalue weighted by Gasteiger charge is 2.21. The van der Waals surface area contributed by atoms with Crippen molar-refractivity contribution in [2.75, 3.05) is 4.72 Å². The summed E-state index contributed by atoms with van der Waals surface area (Å²) in [5, 5.41) is 10.9. The van der Waals surface area contributed by atoms with Gasteiger partial charge in [-0.1, -0.05) is 35.3 Å². The maximum atomic E-state index is 12.2. The number of hydrogen-bond acceptors (Lipinski definition) is 4. The zero-order valence-corrected chi connectivity index (χ0v) is 12.6. The van der Waals surface area contributed by atoms with Gasteiger partial charge in [0.2, 0.25) is 0 Å². The van der Waals surface area contributed by atoms with Crippen LogP contribution in [0.25, 0.3) is 0 Å². The molecule has 2 aromatic carbocycles. The van der Waals surface area contributed by atoms with E-state index >= 15 is 0 Å². The van der Waals surface area contributed by atoms with E-state index in [0.717, 1.165) is 12.1 Å². The van der Waals surface area contributed by atoms with Crippen LogP contribution in [0.1, 0.15) is 0 Å². The molecule has 2 aromatic rings. The van der Waals surface area contributed by atoms with Crippen molar-refractivity contribution in [3.05, 3.63) is 62.6 Å². The Balaban J connectivity index is 2.43. The summed E-state index contributed by atoms with van der Waals surface area (Å²) < 4.78 is 26.7. The average Bonchev–Trinajstić information content (AvgIpc) is 2.41. The van der Waals surface area contributed by atoms with Gasteiger partial charge in [0, 0.05) is 6.07 Å². The van der Waals surface area contributed by atoms with E-state index in [0.29, 0.717) is 0 Å². The molecular weight excluding hydrogens is 339 g/mol. The van der Waals surface area contributed by atoms with Gasteiger partial charge in [0.1, 0.15) is 5.02 Å². The first-order chi connectivity index (χ1) is 9.81. The molecule has 9 heteroatoms. The summed E-state index contributed by atoms with van der Waals surface area (Å²) in [5.41, 5.74) is -0.310. The zero-order valence-electron chi connectivity index (χ0n) is 10.3. The normalized spacial score (nSPS) is 11.1. The minimum atomic E-state index is -4.01. The molecule has 0 unspecified atom stereocenters. The molecule has 2 rings (SSSR count). The second-order valence-corrected chi connectivity index (χ2v) is 6.45. The lowest BCUT2D eigenvalue weighted by molar-refractivity contribution is -0.384. The SMILES string of the molecule is O=[N+]([O-])c1cc(S(=O)(=O)Nc2ccccc2Cl)ccc1Cl. The maximum Gasteiger partial charge on any atom is 0.289 e. The van der Waals surface area contributed by atoms with Crippen molar-refractivity contribution in [3.63, 3.8) is 0 Å². The summed E-state index contributed by atoms with van der Waals surface area (Å²) in [5.74, 6) is 0. The summed E-state index contributed by atoms with van der Waals surface area (Å²) in [6, 6.07) is 9.46. The molecule has 6 nitrogen and oxygen atoms in total. The lowest BCUT2D eigenvalue weighted by atomic mass is 10.3. The third-order valence-electron chi connectivity index (χ3n) is 2.54. The van der Waals surface area contributed by atoms with E-state index in [1.165, 1.54) is 18.2 Å². The summed E-state index contributed by atoms with van der Waals surface area (Å²) in [4.78, 5) is 9.77. The van der Waals surface area contributed by atoms with Gasteiger partial charge in [0.25, 0.3) is 15.7 Å². The van der Waals surface area contributed by atoms with Gasteiger partial charge in [-0.3, -0.25) is 14.8 Å². The molecule has 21 heavy (non-hydrogen) atoms. The predicted molar refractivity (Wildman–Crippen MR) is 80.4 cm³/mol. The fraction of sp³-hybridized carbons (Fsp3) is 0. The number of anilines is 1. The van der Waals surface area contributed by atoms with Crippen molar-refractivity contribution in [1.29, 1.82) is 0 Å². The van der Waals surface area contributed by atoms with E-state index in [9.17, 15) is 18.5 Å². The van der Waals surface area contributed by atoms with Crippen molar-refractivity contribution in [3.8, 4) is 0 Å². The molecule has 0 aliphatic heterocycles. The Labute approximate surface area is 130 Å². The van der Waals surface area contributed by atoms with E-state index in [4.69, 9.17) is 23.2 Å². The second-order valence-electron chi connectivity index (χ2n) is 3.96. The van der Waals surface area contributed by atoms with Gasteiger partial charge >= 0.3 is 0 Å². The van der Waals surface area contributed by atoms with Crippen molar-refractivity contribution in [2.24, 2.45) is 0 Å². The van der Waals surface area contributed by atoms with E-state index in [1.807, 2.05) is 0 Å². The molecule has 0 aliphatic carbocycles. The molecular formula is C12H8Cl2N2O4S. The Morgan fingerprint density at radius 2 is 1.71 bits per heavy atom. The van der Waals surface area contributed by atoms with Gasteiger partial charge in [-0.2, -0.15) is 0 Å². The highest BCUT2D eigenvalue weighted by atomic mass is 35.5. The molecule has 0 radical (unpaired) electrons. The standard InChI is InChI=1S/C12H8Cl2N2O4S/c13-9-3-1-2-4-11(9)15-21(19,20)8-5-6-10(14)12(7-8)16(17)18/h1-7,15H. The number of nitro benzene ring substituents is 1. The van der Waals surface area contributed by atoms with Crippen LogP contribution in [0.5, 0.6) is 0 Å².